The largest absolute Gasteiger partial charge is 0.454 e. The van der Waals surface area contributed by atoms with Crippen LogP contribution >= 0.6 is 22.6 Å². The summed E-state index contributed by atoms with van der Waals surface area (Å²) in [6.45, 7) is -0.258. The molecule has 2 aromatic carbocycles. The molecule has 0 radical (unpaired) electrons. The zero-order chi connectivity index (χ0) is 16.1. The summed E-state index contributed by atoms with van der Waals surface area (Å²) in [5.74, 6) is -0.712. The first kappa shape index (κ1) is 16.5. The van der Waals surface area contributed by atoms with E-state index >= 15 is 0 Å². The van der Waals surface area contributed by atoms with E-state index in [2.05, 4.69) is 22.6 Å². The third kappa shape index (κ3) is 4.30. The van der Waals surface area contributed by atoms with Gasteiger partial charge >= 0.3 is 5.97 Å². The van der Waals surface area contributed by atoms with Gasteiger partial charge in [-0.15, -0.1) is 0 Å². The van der Waals surface area contributed by atoms with Crippen LogP contribution in [0.3, 0.4) is 0 Å². The Labute approximate surface area is 143 Å². The van der Waals surface area contributed by atoms with Crippen LogP contribution in [-0.2, 0) is 4.74 Å². The summed E-state index contributed by atoms with van der Waals surface area (Å²) >= 11 is 2.17. The first-order valence-corrected chi connectivity index (χ1v) is 7.78. The third-order valence-corrected chi connectivity index (χ3v) is 3.82. The number of ether oxygens (including phenoxy) is 1. The number of anilines is 1. The molecule has 0 saturated carbocycles. The SMILES string of the molecule is CN(C)c1cccc(C(=O)OCC(=O)c2ccc(I)cc2)c1. The van der Waals surface area contributed by atoms with Crippen LogP contribution in [0.15, 0.2) is 48.5 Å². The fourth-order valence-corrected chi connectivity index (χ4v) is 2.20. The van der Waals surface area contributed by atoms with Gasteiger partial charge < -0.3 is 9.64 Å². The number of hydrogen-bond acceptors (Lipinski definition) is 4. The zero-order valence-corrected chi connectivity index (χ0v) is 14.5. The van der Waals surface area contributed by atoms with Crippen LogP contribution in [0.4, 0.5) is 5.69 Å². The number of halogens is 1. The van der Waals surface area contributed by atoms with Gasteiger partial charge in [0.15, 0.2) is 12.4 Å². The number of Topliss-reactive ketones (excluding diaryl/α,β-unsaturated/α-hetero) is 1. The fraction of sp³-hybridized carbons (Fsp3) is 0.176. The molecule has 0 amide bonds. The van der Waals surface area contributed by atoms with Gasteiger partial charge in [-0.3, -0.25) is 4.79 Å². The second kappa shape index (κ2) is 7.40. The molecule has 5 heteroatoms. The Morgan fingerprint density at radius 1 is 1.05 bits per heavy atom. The van der Waals surface area contributed by atoms with Crippen LogP contribution in [0.1, 0.15) is 20.7 Å². The summed E-state index contributed by atoms with van der Waals surface area (Å²) in [5.41, 5.74) is 1.87. The van der Waals surface area contributed by atoms with E-state index in [1.165, 1.54) is 0 Å². The summed E-state index contributed by atoms with van der Waals surface area (Å²) in [5, 5.41) is 0. The second-order valence-electron chi connectivity index (χ2n) is 4.95. The molecule has 0 aliphatic carbocycles. The number of nitrogens with zero attached hydrogens (tertiary/aromatic N) is 1. The highest BCUT2D eigenvalue weighted by Crippen LogP contribution is 2.14. The average molecular weight is 409 g/mol. The summed E-state index contributed by atoms with van der Waals surface area (Å²) in [4.78, 5) is 25.9. The lowest BCUT2D eigenvalue weighted by Gasteiger charge is -2.13. The van der Waals surface area contributed by atoms with Crippen molar-refractivity contribution in [3.63, 3.8) is 0 Å². The minimum atomic E-state index is -0.498. The van der Waals surface area contributed by atoms with E-state index in [0.717, 1.165) is 9.26 Å². The van der Waals surface area contributed by atoms with Gasteiger partial charge in [0, 0.05) is 28.9 Å². The van der Waals surface area contributed by atoms with Crippen molar-refractivity contribution in [3.05, 3.63) is 63.2 Å². The normalized spacial score (nSPS) is 10.1. The van der Waals surface area contributed by atoms with Gasteiger partial charge in [0.1, 0.15) is 0 Å². The number of benzene rings is 2. The van der Waals surface area contributed by atoms with E-state index in [0.29, 0.717) is 11.1 Å². The highest BCUT2D eigenvalue weighted by molar-refractivity contribution is 14.1. The lowest BCUT2D eigenvalue weighted by atomic mass is 10.1. The molecule has 0 aliphatic heterocycles. The lowest BCUT2D eigenvalue weighted by Crippen LogP contribution is -2.15. The first-order chi connectivity index (χ1) is 10.5. The monoisotopic (exact) mass is 409 g/mol. The minimum absolute atomic E-state index is 0.214. The van der Waals surface area contributed by atoms with Crippen LogP contribution in [0, 0.1) is 3.57 Å². The van der Waals surface area contributed by atoms with E-state index in [4.69, 9.17) is 4.74 Å². The average Bonchev–Trinajstić information content (AvgIpc) is 2.53. The van der Waals surface area contributed by atoms with Crippen LogP contribution in [0.25, 0.3) is 0 Å². The zero-order valence-electron chi connectivity index (χ0n) is 12.4. The van der Waals surface area contributed by atoms with Gasteiger partial charge in [-0.1, -0.05) is 18.2 Å². The molecule has 0 aromatic heterocycles. The van der Waals surface area contributed by atoms with Crippen LogP contribution in [-0.4, -0.2) is 32.5 Å². The molecule has 0 bridgehead atoms. The molecule has 0 unspecified atom stereocenters. The molecule has 0 saturated heterocycles. The number of rotatable bonds is 5. The minimum Gasteiger partial charge on any atom is -0.454 e. The molecule has 114 valence electrons. The molecular formula is C17H16INO3. The number of hydrogen-bond donors (Lipinski definition) is 0. The summed E-state index contributed by atoms with van der Waals surface area (Å²) in [7, 11) is 3.79. The molecule has 0 aliphatic rings. The maximum absolute atomic E-state index is 12.0. The second-order valence-corrected chi connectivity index (χ2v) is 6.20. The standard InChI is InChI=1S/C17H16INO3/c1-19(2)15-5-3-4-13(10-15)17(21)22-11-16(20)12-6-8-14(18)9-7-12/h3-10H,11H2,1-2H3. The molecule has 0 heterocycles. The maximum Gasteiger partial charge on any atom is 0.338 e. The lowest BCUT2D eigenvalue weighted by molar-refractivity contribution is 0.0475. The Hall–Kier alpha value is -1.89. The number of carbonyl (C=O) groups excluding carboxylic acids is 2. The quantitative estimate of drug-likeness (QED) is 0.432. The Kier molecular flexibility index (Phi) is 5.54. The van der Waals surface area contributed by atoms with Crippen molar-refractivity contribution in [3.8, 4) is 0 Å². The van der Waals surface area contributed by atoms with Gasteiger partial charge in [0.05, 0.1) is 5.56 Å². The Bertz CT molecular complexity index is 681. The smallest absolute Gasteiger partial charge is 0.338 e. The van der Waals surface area contributed by atoms with Gasteiger partial charge in [-0.05, 0) is 52.9 Å². The van der Waals surface area contributed by atoms with Crippen LogP contribution in [0.5, 0.6) is 0 Å². The molecule has 0 spiro atoms. The fourth-order valence-electron chi connectivity index (χ4n) is 1.84. The molecule has 0 fully saturated rings. The van der Waals surface area contributed by atoms with Gasteiger partial charge in [0.2, 0.25) is 0 Å². The number of carbonyl (C=O) groups is 2. The predicted octanol–water partition coefficient (Wildman–Crippen LogP) is 3.40. The predicted molar refractivity (Wildman–Crippen MR) is 94.5 cm³/mol. The summed E-state index contributed by atoms with van der Waals surface area (Å²) in [6.07, 6.45) is 0. The highest BCUT2D eigenvalue weighted by Gasteiger charge is 2.12. The highest BCUT2D eigenvalue weighted by atomic mass is 127. The van der Waals surface area contributed by atoms with Crippen molar-refractivity contribution < 1.29 is 14.3 Å². The van der Waals surface area contributed by atoms with Crippen LogP contribution < -0.4 is 4.90 Å². The first-order valence-electron chi connectivity index (χ1n) is 6.70. The van der Waals surface area contributed by atoms with Gasteiger partial charge in [0.25, 0.3) is 0 Å². The van der Waals surface area contributed by atoms with Crippen molar-refractivity contribution in [2.75, 3.05) is 25.6 Å². The molecule has 0 atom stereocenters. The molecular weight excluding hydrogens is 393 g/mol. The topological polar surface area (TPSA) is 46.6 Å². The van der Waals surface area contributed by atoms with Crippen LogP contribution in [0.2, 0.25) is 0 Å². The number of ketones is 1. The number of esters is 1. The Morgan fingerprint density at radius 2 is 1.73 bits per heavy atom. The third-order valence-electron chi connectivity index (χ3n) is 3.10. The molecule has 2 aromatic rings. The molecule has 0 N–H and O–H groups in total. The van der Waals surface area contributed by atoms with Gasteiger partial charge in [-0.25, -0.2) is 4.79 Å². The molecule has 4 nitrogen and oxygen atoms in total. The van der Waals surface area contributed by atoms with E-state index < -0.39 is 5.97 Å². The van der Waals surface area contributed by atoms with Crippen molar-refractivity contribution in [1.29, 1.82) is 0 Å². The maximum atomic E-state index is 12.0. The van der Waals surface area contributed by atoms with E-state index in [9.17, 15) is 9.59 Å². The van der Waals surface area contributed by atoms with E-state index in [1.807, 2.05) is 37.2 Å². The van der Waals surface area contributed by atoms with Gasteiger partial charge in [-0.2, -0.15) is 0 Å². The van der Waals surface area contributed by atoms with Crippen molar-refractivity contribution >= 4 is 40.0 Å². The summed E-state index contributed by atoms with van der Waals surface area (Å²) in [6, 6.07) is 14.2. The Balaban J connectivity index is 1.99. The molecule has 22 heavy (non-hydrogen) atoms. The van der Waals surface area contributed by atoms with Crippen molar-refractivity contribution in [2.24, 2.45) is 0 Å². The Morgan fingerprint density at radius 3 is 2.36 bits per heavy atom. The summed E-state index contributed by atoms with van der Waals surface area (Å²) < 4.78 is 6.15. The van der Waals surface area contributed by atoms with Crippen molar-refractivity contribution in [2.45, 2.75) is 0 Å². The van der Waals surface area contributed by atoms with E-state index in [1.54, 1.807) is 30.3 Å². The van der Waals surface area contributed by atoms with Crippen molar-refractivity contribution in [1.82, 2.24) is 0 Å². The van der Waals surface area contributed by atoms with E-state index in [-0.39, 0.29) is 12.4 Å². The molecule has 2 rings (SSSR count).